The molecule has 0 heterocycles. The number of aromatic carboxylic acids is 1. The Bertz CT molecular complexity index is 1110. The third-order valence-electron chi connectivity index (χ3n) is 4.13. The number of carbonyl (C=O) groups is 3. The van der Waals surface area contributed by atoms with Gasteiger partial charge in [-0.1, -0.05) is 0 Å². The first-order chi connectivity index (χ1) is 14.3. The molecular formula is C21H15N3O6. The van der Waals surface area contributed by atoms with Crippen molar-refractivity contribution >= 4 is 34.8 Å². The first-order valence-corrected chi connectivity index (χ1v) is 8.64. The predicted molar refractivity (Wildman–Crippen MR) is 109 cm³/mol. The number of hydrogen-bond acceptors (Lipinski definition) is 5. The summed E-state index contributed by atoms with van der Waals surface area (Å²) in [7, 11) is 0. The fraction of sp³-hybridized carbons (Fsp3) is 0. The lowest BCUT2D eigenvalue weighted by Gasteiger charge is -2.08. The molecule has 0 aliphatic carbocycles. The fourth-order valence-corrected chi connectivity index (χ4v) is 2.54. The molecule has 0 radical (unpaired) electrons. The van der Waals surface area contributed by atoms with E-state index in [0.717, 1.165) is 0 Å². The van der Waals surface area contributed by atoms with Crippen molar-refractivity contribution in [2.75, 3.05) is 10.6 Å². The van der Waals surface area contributed by atoms with Crippen LogP contribution in [0.1, 0.15) is 31.1 Å². The number of carbonyl (C=O) groups excluding carboxylic acids is 2. The quantitative estimate of drug-likeness (QED) is 0.421. The summed E-state index contributed by atoms with van der Waals surface area (Å²) in [5.74, 6) is -1.90. The molecular weight excluding hydrogens is 390 g/mol. The molecule has 150 valence electrons. The lowest BCUT2D eigenvalue weighted by Crippen LogP contribution is -2.13. The second kappa shape index (κ2) is 8.65. The van der Waals surface area contributed by atoms with Crippen LogP contribution in [0.4, 0.5) is 17.1 Å². The van der Waals surface area contributed by atoms with Gasteiger partial charge in [-0.05, 0) is 60.7 Å². The zero-order chi connectivity index (χ0) is 21.7. The highest BCUT2D eigenvalue weighted by Gasteiger charge is 2.11. The molecule has 0 fully saturated rings. The first kappa shape index (κ1) is 20.2. The Morgan fingerprint density at radius 1 is 0.667 bits per heavy atom. The number of nitrogens with zero attached hydrogens (tertiary/aromatic N) is 1. The minimum absolute atomic E-state index is 0.112. The molecule has 3 aromatic rings. The highest BCUT2D eigenvalue weighted by atomic mass is 16.6. The van der Waals surface area contributed by atoms with Crippen LogP contribution in [0.15, 0.2) is 72.8 Å². The third kappa shape index (κ3) is 4.84. The number of anilines is 2. The van der Waals surface area contributed by atoms with E-state index in [1.165, 1.54) is 60.7 Å². The number of nitro benzene ring substituents is 1. The molecule has 0 bridgehead atoms. The summed E-state index contributed by atoms with van der Waals surface area (Å²) in [6.07, 6.45) is 0. The number of nitro groups is 1. The van der Waals surface area contributed by atoms with E-state index in [9.17, 15) is 24.5 Å². The number of carboxylic acid groups (broad SMARTS) is 1. The van der Waals surface area contributed by atoms with Gasteiger partial charge in [0.05, 0.1) is 10.5 Å². The molecule has 0 aliphatic rings. The summed E-state index contributed by atoms with van der Waals surface area (Å²) < 4.78 is 0. The minimum atomic E-state index is -1.06. The van der Waals surface area contributed by atoms with E-state index in [1.54, 1.807) is 12.1 Å². The fourth-order valence-electron chi connectivity index (χ4n) is 2.54. The number of non-ortho nitro benzene ring substituents is 1. The number of rotatable bonds is 6. The number of nitrogens with one attached hydrogen (secondary N) is 2. The molecule has 0 spiro atoms. The predicted octanol–water partition coefficient (Wildman–Crippen LogP) is 3.80. The van der Waals surface area contributed by atoms with E-state index in [0.29, 0.717) is 16.9 Å². The molecule has 3 N–H and O–H groups in total. The van der Waals surface area contributed by atoms with Crippen molar-refractivity contribution in [3.05, 3.63) is 99.6 Å². The van der Waals surface area contributed by atoms with Crippen molar-refractivity contribution in [1.82, 2.24) is 0 Å². The smallest absolute Gasteiger partial charge is 0.335 e. The summed E-state index contributed by atoms with van der Waals surface area (Å²) >= 11 is 0. The standard InChI is InChI=1S/C21H15N3O6/c25-19(23-17-9-3-15(4-10-17)21(27)28)13-1-7-16(8-2-13)22-20(26)14-5-11-18(12-6-14)24(29)30/h1-12H,(H,22,26)(H,23,25)(H,27,28). The van der Waals surface area contributed by atoms with E-state index < -0.39 is 22.7 Å². The molecule has 0 aliphatic heterocycles. The third-order valence-corrected chi connectivity index (χ3v) is 4.13. The van der Waals surface area contributed by atoms with Crippen LogP contribution >= 0.6 is 0 Å². The summed E-state index contributed by atoms with van der Waals surface area (Å²) in [5, 5.41) is 24.8. The van der Waals surface area contributed by atoms with Crippen LogP contribution in [-0.4, -0.2) is 27.8 Å². The van der Waals surface area contributed by atoms with Crippen LogP contribution in [0.2, 0.25) is 0 Å². The Balaban J connectivity index is 1.62. The first-order valence-electron chi connectivity index (χ1n) is 8.64. The number of benzene rings is 3. The molecule has 9 nitrogen and oxygen atoms in total. The molecule has 30 heavy (non-hydrogen) atoms. The molecule has 0 aromatic heterocycles. The molecule has 0 unspecified atom stereocenters. The van der Waals surface area contributed by atoms with Crippen LogP contribution < -0.4 is 10.6 Å². The van der Waals surface area contributed by atoms with Crippen molar-refractivity contribution in [2.45, 2.75) is 0 Å². The topological polar surface area (TPSA) is 139 Å². The Hall–Kier alpha value is -4.53. The van der Waals surface area contributed by atoms with Crippen LogP contribution in [0.5, 0.6) is 0 Å². The summed E-state index contributed by atoms with van der Waals surface area (Å²) in [5.41, 5.74) is 1.49. The zero-order valence-corrected chi connectivity index (χ0v) is 15.4. The number of amides is 2. The SMILES string of the molecule is O=C(O)c1ccc(NC(=O)c2ccc(NC(=O)c3ccc([N+](=O)[O-])cc3)cc2)cc1. The Morgan fingerprint density at radius 2 is 1.03 bits per heavy atom. The van der Waals surface area contributed by atoms with Crippen molar-refractivity contribution < 1.29 is 24.4 Å². The molecule has 9 heteroatoms. The van der Waals surface area contributed by atoms with Crippen molar-refractivity contribution in [3.8, 4) is 0 Å². The van der Waals surface area contributed by atoms with E-state index in [2.05, 4.69) is 10.6 Å². The highest BCUT2D eigenvalue weighted by Crippen LogP contribution is 2.16. The maximum atomic E-state index is 12.3. The van der Waals surface area contributed by atoms with Crippen molar-refractivity contribution in [1.29, 1.82) is 0 Å². The average Bonchev–Trinajstić information content (AvgIpc) is 2.74. The molecule has 3 rings (SSSR count). The van der Waals surface area contributed by atoms with Crippen LogP contribution in [0, 0.1) is 10.1 Å². The normalized spacial score (nSPS) is 10.1. The van der Waals surface area contributed by atoms with E-state index in [4.69, 9.17) is 5.11 Å². The van der Waals surface area contributed by atoms with Crippen molar-refractivity contribution in [3.63, 3.8) is 0 Å². The van der Waals surface area contributed by atoms with Gasteiger partial charge in [0, 0.05) is 34.6 Å². The zero-order valence-electron chi connectivity index (χ0n) is 15.4. The maximum Gasteiger partial charge on any atom is 0.335 e. The molecule has 3 aromatic carbocycles. The lowest BCUT2D eigenvalue weighted by atomic mass is 10.1. The van der Waals surface area contributed by atoms with E-state index in [1.807, 2.05) is 0 Å². The number of carboxylic acids is 1. The number of hydrogen-bond donors (Lipinski definition) is 3. The summed E-state index contributed by atoms with van der Waals surface area (Å²) in [6.45, 7) is 0. The van der Waals surface area contributed by atoms with Gasteiger partial charge in [-0.25, -0.2) is 4.79 Å². The Morgan fingerprint density at radius 3 is 1.40 bits per heavy atom. The summed E-state index contributed by atoms with van der Waals surface area (Å²) in [4.78, 5) is 45.5. The van der Waals surface area contributed by atoms with Gasteiger partial charge in [0.15, 0.2) is 0 Å². The molecule has 0 saturated carbocycles. The molecule has 0 saturated heterocycles. The maximum absolute atomic E-state index is 12.3. The second-order valence-electron chi connectivity index (χ2n) is 6.17. The summed E-state index contributed by atoms with van der Waals surface area (Å²) in [6, 6.07) is 17.1. The average molecular weight is 405 g/mol. The second-order valence-corrected chi connectivity index (χ2v) is 6.17. The van der Waals surface area contributed by atoms with Gasteiger partial charge in [-0.2, -0.15) is 0 Å². The van der Waals surface area contributed by atoms with Crippen LogP contribution in [-0.2, 0) is 0 Å². The van der Waals surface area contributed by atoms with Gasteiger partial charge >= 0.3 is 5.97 Å². The lowest BCUT2D eigenvalue weighted by molar-refractivity contribution is -0.384. The monoisotopic (exact) mass is 405 g/mol. The van der Waals surface area contributed by atoms with E-state index >= 15 is 0 Å². The van der Waals surface area contributed by atoms with Crippen LogP contribution in [0.3, 0.4) is 0 Å². The van der Waals surface area contributed by atoms with Gasteiger partial charge in [0.2, 0.25) is 0 Å². The Kier molecular flexibility index (Phi) is 5.83. The largest absolute Gasteiger partial charge is 0.478 e. The van der Waals surface area contributed by atoms with Crippen molar-refractivity contribution in [2.24, 2.45) is 0 Å². The molecule has 0 atom stereocenters. The minimum Gasteiger partial charge on any atom is -0.478 e. The van der Waals surface area contributed by atoms with Crippen LogP contribution in [0.25, 0.3) is 0 Å². The van der Waals surface area contributed by atoms with E-state index in [-0.39, 0.29) is 16.8 Å². The van der Waals surface area contributed by atoms with Gasteiger partial charge in [-0.15, -0.1) is 0 Å². The Labute approximate surface area is 170 Å². The highest BCUT2D eigenvalue weighted by molar-refractivity contribution is 6.06. The van der Waals surface area contributed by atoms with Gasteiger partial charge in [-0.3, -0.25) is 19.7 Å². The van der Waals surface area contributed by atoms with Gasteiger partial charge in [0.25, 0.3) is 17.5 Å². The van der Waals surface area contributed by atoms with Gasteiger partial charge in [0.1, 0.15) is 0 Å². The van der Waals surface area contributed by atoms with Gasteiger partial charge < -0.3 is 15.7 Å². The molecule has 2 amide bonds.